The molecule has 1 fully saturated rings. The second kappa shape index (κ2) is 9.32. The Morgan fingerprint density at radius 2 is 1.66 bits per heavy atom. The molecule has 0 radical (unpaired) electrons. The largest absolute Gasteiger partial charge is 0.416 e. The van der Waals surface area contributed by atoms with Crippen LogP contribution in [-0.2, 0) is 28.7 Å². The summed E-state index contributed by atoms with van der Waals surface area (Å²) in [6.45, 7) is 2.26. The number of carbonyl (C=O) groups is 2. The molecule has 2 amide bonds. The molecular formula is C24H26F3N3O2. The number of hydrogen-bond donors (Lipinski definition) is 1. The third kappa shape index (κ3) is 4.96. The summed E-state index contributed by atoms with van der Waals surface area (Å²) in [5.74, 6) is -0.228. The van der Waals surface area contributed by atoms with Crippen molar-refractivity contribution in [1.82, 2.24) is 15.1 Å². The van der Waals surface area contributed by atoms with Crippen LogP contribution in [0.25, 0.3) is 0 Å². The Morgan fingerprint density at radius 3 is 2.34 bits per heavy atom. The average molecular weight is 445 g/mol. The Bertz CT molecular complexity index is 969. The summed E-state index contributed by atoms with van der Waals surface area (Å²) in [4.78, 5) is 29.7. The summed E-state index contributed by atoms with van der Waals surface area (Å²) in [6.07, 6.45) is -1.64. The fourth-order valence-electron chi connectivity index (χ4n) is 4.44. The molecule has 2 heterocycles. The van der Waals surface area contributed by atoms with E-state index in [9.17, 15) is 22.8 Å². The molecule has 8 heteroatoms. The maximum atomic E-state index is 13.3. The summed E-state index contributed by atoms with van der Waals surface area (Å²) in [7, 11) is 0. The maximum Gasteiger partial charge on any atom is 0.416 e. The summed E-state index contributed by atoms with van der Waals surface area (Å²) in [6, 6.07) is 12.1. The van der Waals surface area contributed by atoms with Gasteiger partial charge in [-0.25, -0.2) is 0 Å². The van der Waals surface area contributed by atoms with E-state index < -0.39 is 17.8 Å². The predicted molar refractivity (Wildman–Crippen MR) is 114 cm³/mol. The molecule has 2 aromatic carbocycles. The first-order chi connectivity index (χ1) is 15.3. The molecule has 2 aliphatic heterocycles. The maximum absolute atomic E-state index is 13.3. The van der Waals surface area contributed by atoms with Crippen molar-refractivity contribution in [1.29, 1.82) is 0 Å². The lowest BCUT2D eigenvalue weighted by Gasteiger charge is -2.37. The molecule has 0 bridgehead atoms. The molecule has 2 aliphatic rings. The van der Waals surface area contributed by atoms with E-state index in [1.165, 1.54) is 12.1 Å². The van der Waals surface area contributed by atoms with Crippen LogP contribution in [0.2, 0.25) is 0 Å². The molecule has 0 spiro atoms. The molecule has 4 rings (SSSR count). The number of carbonyl (C=O) groups excluding carboxylic acids is 2. The first-order valence-corrected chi connectivity index (χ1v) is 10.9. The average Bonchev–Trinajstić information content (AvgIpc) is 3.32. The van der Waals surface area contributed by atoms with Crippen molar-refractivity contribution in [3.63, 3.8) is 0 Å². The Kier molecular flexibility index (Phi) is 6.50. The number of halogens is 3. The highest BCUT2D eigenvalue weighted by Crippen LogP contribution is 2.32. The molecule has 0 aliphatic carbocycles. The predicted octanol–water partition coefficient (Wildman–Crippen LogP) is 3.54. The highest BCUT2D eigenvalue weighted by molar-refractivity contribution is 5.86. The fraction of sp³-hybridized carbons (Fsp3) is 0.417. The zero-order valence-electron chi connectivity index (χ0n) is 17.7. The van der Waals surface area contributed by atoms with Crippen molar-refractivity contribution < 1.29 is 22.8 Å². The Labute approximate surface area is 185 Å². The summed E-state index contributed by atoms with van der Waals surface area (Å²) < 4.78 is 38.1. The summed E-state index contributed by atoms with van der Waals surface area (Å²) >= 11 is 0. The zero-order valence-corrected chi connectivity index (χ0v) is 17.7. The Balaban J connectivity index is 1.42. The van der Waals surface area contributed by atoms with Gasteiger partial charge in [0.2, 0.25) is 11.8 Å². The lowest BCUT2D eigenvalue weighted by atomic mass is 9.91. The van der Waals surface area contributed by atoms with Gasteiger partial charge in [0.25, 0.3) is 0 Å². The van der Waals surface area contributed by atoms with E-state index in [-0.39, 0.29) is 24.9 Å². The van der Waals surface area contributed by atoms with Crippen LogP contribution in [0.15, 0.2) is 48.5 Å². The van der Waals surface area contributed by atoms with E-state index in [0.717, 1.165) is 55.6 Å². The standard InChI is InChI=1S/C24H26F3N3O2/c25-24(26,27)19-9-7-17(8-10-19)15-28-21(31)16-30-14-11-18-5-1-2-6-20(18)22(30)23(32)29-12-3-4-13-29/h1-2,5-10,22H,3-4,11-16H2,(H,28,31)/t22-/m1/s1. The smallest absolute Gasteiger partial charge is 0.351 e. The quantitative estimate of drug-likeness (QED) is 0.766. The van der Waals surface area contributed by atoms with E-state index in [2.05, 4.69) is 5.32 Å². The minimum Gasteiger partial charge on any atom is -0.351 e. The van der Waals surface area contributed by atoms with Gasteiger partial charge in [-0.1, -0.05) is 36.4 Å². The molecule has 1 saturated heterocycles. The fourth-order valence-corrected chi connectivity index (χ4v) is 4.44. The zero-order chi connectivity index (χ0) is 22.7. The SMILES string of the molecule is O=C(CN1CCc2ccccc2[C@@H]1C(=O)N1CCCC1)NCc1ccc(C(F)(F)F)cc1. The summed E-state index contributed by atoms with van der Waals surface area (Å²) in [5, 5.41) is 2.77. The van der Waals surface area contributed by atoms with Gasteiger partial charge in [0.15, 0.2) is 0 Å². The Morgan fingerprint density at radius 1 is 0.969 bits per heavy atom. The van der Waals surface area contributed by atoms with Crippen LogP contribution in [0.1, 0.15) is 41.1 Å². The van der Waals surface area contributed by atoms with Crippen LogP contribution in [0, 0.1) is 0 Å². The molecule has 0 saturated carbocycles. The van der Waals surface area contributed by atoms with Crippen LogP contribution < -0.4 is 5.32 Å². The van der Waals surface area contributed by atoms with Gasteiger partial charge in [0.05, 0.1) is 12.1 Å². The van der Waals surface area contributed by atoms with E-state index in [1.54, 1.807) is 0 Å². The second-order valence-corrected chi connectivity index (χ2v) is 8.33. The first-order valence-electron chi connectivity index (χ1n) is 10.9. The van der Waals surface area contributed by atoms with E-state index in [0.29, 0.717) is 12.1 Å². The van der Waals surface area contributed by atoms with Crippen LogP contribution >= 0.6 is 0 Å². The number of fused-ring (bicyclic) bond motifs is 1. The number of nitrogens with zero attached hydrogens (tertiary/aromatic N) is 2. The van der Waals surface area contributed by atoms with Gasteiger partial charge in [-0.3, -0.25) is 14.5 Å². The van der Waals surface area contributed by atoms with Crippen LogP contribution in [0.4, 0.5) is 13.2 Å². The molecule has 32 heavy (non-hydrogen) atoms. The van der Waals surface area contributed by atoms with E-state index in [4.69, 9.17) is 0 Å². The minimum absolute atomic E-state index is 0.0326. The van der Waals surface area contributed by atoms with Crippen LogP contribution in [-0.4, -0.2) is 47.8 Å². The topological polar surface area (TPSA) is 52.7 Å². The van der Waals surface area contributed by atoms with Gasteiger partial charge in [-0.05, 0) is 48.1 Å². The lowest BCUT2D eigenvalue weighted by Crippen LogP contribution is -2.48. The van der Waals surface area contributed by atoms with Crippen molar-refractivity contribution in [3.05, 3.63) is 70.8 Å². The number of likely N-dealkylation sites (tertiary alicyclic amines) is 1. The number of nitrogens with one attached hydrogen (secondary N) is 1. The van der Waals surface area contributed by atoms with E-state index >= 15 is 0 Å². The third-order valence-corrected chi connectivity index (χ3v) is 6.15. The highest BCUT2D eigenvalue weighted by Gasteiger charge is 2.37. The first kappa shape index (κ1) is 22.3. The van der Waals surface area contributed by atoms with Gasteiger partial charge in [-0.15, -0.1) is 0 Å². The van der Waals surface area contributed by atoms with Gasteiger partial charge < -0.3 is 10.2 Å². The molecule has 2 aromatic rings. The molecule has 1 N–H and O–H groups in total. The number of alkyl halides is 3. The number of amides is 2. The van der Waals surface area contributed by atoms with E-state index in [1.807, 2.05) is 34.1 Å². The van der Waals surface area contributed by atoms with Crippen molar-refractivity contribution in [3.8, 4) is 0 Å². The van der Waals surface area contributed by atoms with Gasteiger partial charge in [0, 0.05) is 26.2 Å². The monoisotopic (exact) mass is 445 g/mol. The van der Waals surface area contributed by atoms with Gasteiger partial charge in [-0.2, -0.15) is 13.2 Å². The van der Waals surface area contributed by atoms with Gasteiger partial charge >= 0.3 is 6.18 Å². The highest BCUT2D eigenvalue weighted by atomic mass is 19.4. The third-order valence-electron chi connectivity index (χ3n) is 6.15. The Hall–Kier alpha value is -2.87. The molecule has 170 valence electrons. The van der Waals surface area contributed by atoms with Crippen molar-refractivity contribution >= 4 is 11.8 Å². The molecule has 5 nitrogen and oxygen atoms in total. The number of benzene rings is 2. The molecule has 1 atom stereocenters. The normalized spacial score (nSPS) is 19.0. The minimum atomic E-state index is -4.39. The van der Waals surface area contributed by atoms with Crippen LogP contribution in [0.3, 0.4) is 0 Å². The second-order valence-electron chi connectivity index (χ2n) is 8.33. The molecule has 0 unspecified atom stereocenters. The van der Waals surface area contributed by atoms with Crippen molar-refractivity contribution in [2.45, 2.75) is 38.0 Å². The van der Waals surface area contributed by atoms with Gasteiger partial charge in [0.1, 0.15) is 6.04 Å². The van der Waals surface area contributed by atoms with Crippen LogP contribution in [0.5, 0.6) is 0 Å². The van der Waals surface area contributed by atoms with Crippen molar-refractivity contribution in [2.75, 3.05) is 26.2 Å². The molecule has 0 aromatic heterocycles. The number of hydrogen-bond acceptors (Lipinski definition) is 3. The molecular weight excluding hydrogens is 419 g/mol. The van der Waals surface area contributed by atoms with Crippen molar-refractivity contribution in [2.24, 2.45) is 0 Å². The number of rotatable bonds is 5. The lowest BCUT2D eigenvalue weighted by molar-refractivity contribution is -0.138. The summed E-state index contributed by atoms with van der Waals surface area (Å²) in [5.41, 5.74) is 1.94.